The lowest BCUT2D eigenvalue weighted by Crippen LogP contribution is -2.22. The van der Waals surface area contributed by atoms with Gasteiger partial charge >= 0.3 is 6.03 Å². The van der Waals surface area contributed by atoms with Gasteiger partial charge in [-0.1, -0.05) is 54.6 Å². The van der Waals surface area contributed by atoms with Crippen LogP contribution in [-0.4, -0.2) is 11.9 Å². The highest BCUT2D eigenvalue weighted by Crippen LogP contribution is 2.36. The molecule has 4 aromatic carbocycles. The number of benzene rings is 4. The average molecular weight is 312 g/mol. The van der Waals surface area contributed by atoms with Gasteiger partial charge in [-0.05, 0) is 44.0 Å². The Morgan fingerprint density at radius 1 is 0.708 bits per heavy atom. The molecule has 0 spiro atoms. The van der Waals surface area contributed by atoms with Crippen LogP contribution in [0.3, 0.4) is 0 Å². The Hall–Kier alpha value is -3.40. The van der Waals surface area contributed by atoms with Crippen LogP contribution in [0.1, 0.15) is 5.56 Å². The fourth-order valence-corrected chi connectivity index (χ4v) is 3.52. The van der Waals surface area contributed by atoms with Crippen LogP contribution in [-0.2, 0) is 4.79 Å². The molecule has 4 heteroatoms. The normalized spacial score (nSPS) is 16.4. The predicted octanol–water partition coefficient (Wildman–Crippen LogP) is 3.76. The van der Waals surface area contributed by atoms with Crippen molar-refractivity contribution in [3.8, 4) is 0 Å². The number of carbonyl (C=O) groups is 2. The van der Waals surface area contributed by atoms with Gasteiger partial charge in [0.2, 0.25) is 0 Å². The van der Waals surface area contributed by atoms with Gasteiger partial charge in [0.05, 0.1) is 0 Å². The summed E-state index contributed by atoms with van der Waals surface area (Å²) < 4.78 is 0. The first-order valence-corrected chi connectivity index (χ1v) is 7.71. The van der Waals surface area contributed by atoms with Gasteiger partial charge in [-0.3, -0.25) is 10.1 Å². The standard InChI is InChI=1S/C20H12N2O2/c23-19-16(21-20(24)22-19)10-14-7-6-13-5-4-11-2-1-3-12-8-9-15(14)18(13)17(11)12/h1-10H,(H2,21,22,23,24)/b16-10-. The molecule has 1 aliphatic rings. The molecule has 5 rings (SSSR count). The molecule has 4 aromatic rings. The fourth-order valence-electron chi connectivity index (χ4n) is 3.52. The highest BCUT2D eigenvalue weighted by Gasteiger charge is 2.23. The summed E-state index contributed by atoms with van der Waals surface area (Å²) in [4.78, 5) is 23.1. The number of hydrogen-bond acceptors (Lipinski definition) is 2. The minimum Gasteiger partial charge on any atom is -0.303 e. The summed E-state index contributed by atoms with van der Waals surface area (Å²) in [6.07, 6.45) is 1.73. The second-order valence-corrected chi connectivity index (χ2v) is 5.98. The zero-order chi connectivity index (χ0) is 16.3. The van der Waals surface area contributed by atoms with Gasteiger partial charge in [0.15, 0.2) is 0 Å². The van der Waals surface area contributed by atoms with E-state index in [-0.39, 0.29) is 5.70 Å². The summed E-state index contributed by atoms with van der Waals surface area (Å²) >= 11 is 0. The number of amides is 3. The first kappa shape index (κ1) is 13.1. The molecule has 0 atom stereocenters. The van der Waals surface area contributed by atoms with Crippen molar-refractivity contribution in [2.45, 2.75) is 0 Å². The molecule has 0 unspecified atom stereocenters. The molecular formula is C20H12N2O2. The van der Waals surface area contributed by atoms with E-state index in [4.69, 9.17) is 0 Å². The SMILES string of the molecule is O=C1NC(=O)/C(=C/c2ccc3ccc4cccc5ccc2c3c45)N1. The Morgan fingerprint density at radius 2 is 1.38 bits per heavy atom. The van der Waals surface area contributed by atoms with Crippen LogP contribution in [0.2, 0.25) is 0 Å². The maximum Gasteiger partial charge on any atom is 0.326 e. The maximum atomic E-state index is 11.8. The van der Waals surface area contributed by atoms with Gasteiger partial charge < -0.3 is 5.32 Å². The third kappa shape index (κ3) is 1.74. The Bertz CT molecular complexity index is 1170. The lowest BCUT2D eigenvalue weighted by molar-refractivity contribution is -0.115. The first-order chi connectivity index (χ1) is 11.7. The van der Waals surface area contributed by atoms with Crippen molar-refractivity contribution in [2.24, 2.45) is 0 Å². The molecule has 0 aliphatic carbocycles. The van der Waals surface area contributed by atoms with E-state index in [0.717, 1.165) is 16.3 Å². The molecule has 0 aromatic heterocycles. The van der Waals surface area contributed by atoms with Crippen molar-refractivity contribution in [3.63, 3.8) is 0 Å². The van der Waals surface area contributed by atoms with Crippen molar-refractivity contribution in [1.29, 1.82) is 0 Å². The third-order valence-electron chi connectivity index (χ3n) is 4.58. The molecule has 3 amide bonds. The van der Waals surface area contributed by atoms with Gasteiger partial charge in [-0.2, -0.15) is 0 Å². The molecule has 0 saturated carbocycles. The molecule has 1 saturated heterocycles. The zero-order valence-corrected chi connectivity index (χ0v) is 12.6. The van der Waals surface area contributed by atoms with Crippen LogP contribution in [0.25, 0.3) is 38.4 Å². The van der Waals surface area contributed by atoms with E-state index in [1.54, 1.807) is 6.08 Å². The molecule has 114 valence electrons. The highest BCUT2D eigenvalue weighted by molar-refractivity contribution is 6.24. The number of carbonyl (C=O) groups excluding carboxylic acids is 2. The van der Waals surface area contributed by atoms with Crippen LogP contribution in [0.4, 0.5) is 4.79 Å². The molecule has 1 fully saturated rings. The Kier molecular flexibility index (Phi) is 2.48. The van der Waals surface area contributed by atoms with Gasteiger partial charge in [-0.15, -0.1) is 0 Å². The lowest BCUT2D eigenvalue weighted by Gasteiger charge is -2.12. The van der Waals surface area contributed by atoms with Gasteiger partial charge in [-0.25, -0.2) is 4.79 Å². The molecule has 2 N–H and O–H groups in total. The summed E-state index contributed by atoms with van der Waals surface area (Å²) in [7, 11) is 0. The minimum absolute atomic E-state index is 0.273. The zero-order valence-electron chi connectivity index (χ0n) is 12.6. The quantitative estimate of drug-likeness (QED) is 0.319. The van der Waals surface area contributed by atoms with Crippen molar-refractivity contribution in [1.82, 2.24) is 10.6 Å². The summed E-state index contributed by atoms with van der Waals surface area (Å²) in [5, 5.41) is 11.8. The number of imide groups is 1. The van der Waals surface area contributed by atoms with Crippen molar-refractivity contribution < 1.29 is 9.59 Å². The fraction of sp³-hybridized carbons (Fsp3) is 0. The van der Waals surface area contributed by atoms with Crippen LogP contribution in [0.5, 0.6) is 0 Å². The molecule has 0 radical (unpaired) electrons. The van der Waals surface area contributed by atoms with E-state index in [1.165, 1.54) is 21.5 Å². The minimum atomic E-state index is -0.482. The van der Waals surface area contributed by atoms with E-state index in [1.807, 2.05) is 6.07 Å². The first-order valence-electron chi connectivity index (χ1n) is 7.71. The van der Waals surface area contributed by atoms with E-state index in [0.29, 0.717) is 0 Å². The third-order valence-corrected chi connectivity index (χ3v) is 4.58. The Balaban J connectivity index is 1.86. The molecule has 1 heterocycles. The lowest BCUT2D eigenvalue weighted by atomic mass is 9.92. The number of urea groups is 1. The van der Waals surface area contributed by atoms with Crippen LogP contribution >= 0.6 is 0 Å². The van der Waals surface area contributed by atoms with E-state index < -0.39 is 11.9 Å². The molecule has 0 bridgehead atoms. The van der Waals surface area contributed by atoms with Gasteiger partial charge in [0.25, 0.3) is 5.91 Å². The Morgan fingerprint density at radius 3 is 2.08 bits per heavy atom. The van der Waals surface area contributed by atoms with Crippen LogP contribution in [0.15, 0.2) is 60.3 Å². The van der Waals surface area contributed by atoms with Crippen LogP contribution < -0.4 is 10.6 Å². The summed E-state index contributed by atoms with van der Waals surface area (Å²) in [5.74, 6) is -0.398. The topological polar surface area (TPSA) is 58.2 Å². The van der Waals surface area contributed by atoms with Crippen molar-refractivity contribution in [2.75, 3.05) is 0 Å². The monoisotopic (exact) mass is 312 g/mol. The van der Waals surface area contributed by atoms with Gasteiger partial charge in [0, 0.05) is 0 Å². The van der Waals surface area contributed by atoms with Gasteiger partial charge in [0.1, 0.15) is 5.70 Å². The van der Waals surface area contributed by atoms with E-state index in [9.17, 15) is 9.59 Å². The number of nitrogens with one attached hydrogen (secondary N) is 2. The number of rotatable bonds is 1. The summed E-state index contributed by atoms with van der Waals surface area (Å²) in [6, 6.07) is 18.2. The van der Waals surface area contributed by atoms with E-state index in [2.05, 4.69) is 59.2 Å². The summed E-state index contributed by atoms with van der Waals surface area (Å²) in [6.45, 7) is 0. The predicted molar refractivity (Wildman–Crippen MR) is 94.8 cm³/mol. The van der Waals surface area contributed by atoms with Crippen molar-refractivity contribution in [3.05, 3.63) is 65.9 Å². The largest absolute Gasteiger partial charge is 0.326 e. The maximum absolute atomic E-state index is 11.8. The Labute approximate surface area is 137 Å². The molecular weight excluding hydrogens is 300 g/mol. The van der Waals surface area contributed by atoms with Crippen molar-refractivity contribution >= 4 is 50.3 Å². The molecule has 4 nitrogen and oxygen atoms in total. The second kappa shape index (κ2) is 4.55. The molecule has 24 heavy (non-hydrogen) atoms. The van der Waals surface area contributed by atoms with E-state index >= 15 is 0 Å². The van der Waals surface area contributed by atoms with Crippen LogP contribution in [0, 0.1) is 0 Å². The molecule has 1 aliphatic heterocycles. The summed E-state index contributed by atoms with van der Waals surface area (Å²) in [5.41, 5.74) is 1.18. The highest BCUT2D eigenvalue weighted by atomic mass is 16.2. The number of hydrogen-bond donors (Lipinski definition) is 2. The second-order valence-electron chi connectivity index (χ2n) is 5.98. The smallest absolute Gasteiger partial charge is 0.303 e. The average Bonchev–Trinajstić information content (AvgIpc) is 2.91.